The third kappa shape index (κ3) is 3.32. The van der Waals surface area contributed by atoms with Crippen molar-refractivity contribution >= 4 is 10.2 Å². The van der Waals surface area contributed by atoms with Gasteiger partial charge in [-0.1, -0.05) is 0 Å². The zero-order chi connectivity index (χ0) is 13.2. The Balaban J connectivity index is 1.97. The number of ether oxygens (including phenoxy) is 1. The highest BCUT2D eigenvalue weighted by Gasteiger charge is 2.30. The zero-order valence-corrected chi connectivity index (χ0v) is 11.3. The molecular weight excluding hydrogens is 256 g/mol. The normalized spacial score (nSPS) is 26.3. The van der Waals surface area contributed by atoms with Crippen LogP contribution < -0.4 is 4.72 Å². The van der Waals surface area contributed by atoms with Gasteiger partial charge in [-0.3, -0.25) is 0 Å². The van der Waals surface area contributed by atoms with Crippen LogP contribution >= 0.6 is 0 Å². The van der Waals surface area contributed by atoms with Crippen molar-refractivity contribution in [1.29, 1.82) is 0 Å². The summed E-state index contributed by atoms with van der Waals surface area (Å²) in [5.74, 6) is 0.591. The van der Waals surface area contributed by atoms with Gasteiger partial charge in [0.25, 0.3) is 10.2 Å². The fraction of sp³-hybridized carbons (Fsp3) is 0.636. The third-order valence-corrected chi connectivity index (χ3v) is 4.22. The van der Waals surface area contributed by atoms with Crippen molar-refractivity contribution in [2.45, 2.75) is 32.6 Å². The Morgan fingerprint density at radius 2 is 2.06 bits per heavy atom. The summed E-state index contributed by atoms with van der Waals surface area (Å²) in [4.78, 5) is 0. The highest BCUT2D eigenvalue weighted by Crippen LogP contribution is 2.13. The average Bonchev–Trinajstić information content (AvgIpc) is 2.78. The molecule has 0 radical (unpaired) electrons. The van der Waals surface area contributed by atoms with Crippen molar-refractivity contribution in [2.24, 2.45) is 0 Å². The van der Waals surface area contributed by atoms with Crippen LogP contribution in [-0.2, 0) is 21.5 Å². The topological polar surface area (TPSA) is 71.8 Å². The van der Waals surface area contributed by atoms with Crippen LogP contribution in [0.1, 0.15) is 19.6 Å². The van der Waals surface area contributed by atoms with Crippen molar-refractivity contribution in [3.05, 3.63) is 24.2 Å². The summed E-state index contributed by atoms with van der Waals surface area (Å²) in [5, 5.41) is 0. The van der Waals surface area contributed by atoms with Crippen LogP contribution in [0.15, 0.2) is 22.8 Å². The molecule has 0 unspecified atom stereocenters. The zero-order valence-electron chi connectivity index (χ0n) is 10.5. The molecule has 6 nitrogen and oxygen atoms in total. The second-order valence-corrected chi connectivity index (χ2v) is 6.24. The standard InChI is InChI=1S/C11H18N2O4S/c1-9-7-13(8-10(2)17-9)18(14,15)12-6-11-4-3-5-16-11/h3-5,9-10,12H,6-8H2,1-2H3/t9-,10-/m0/s1. The lowest BCUT2D eigenvalue weighted by Crippen LogP contribution is -2.51. The van der Waals surface area contributed by atoms with Gasteiger partial charge >= 0.3 is 0 Å². The van der Waals surface area contributed by atoms with E-state index in [0.29, 0.717) is 18.8 Å². The molecule has 102 valence electrons. The first kappa shape index (κ1) is 13.5. The Morgan fingerprint density at radius 3 is 2.61 bits per heavy atom. The lowest BCUT2D eigenvalue weighted by Gasteiger charge is -2.34. The van der Waals surface area contributed by atoms with Crippen molar-refractivity contribution < 1.29 is 17.6 Å². The summed E-state index contributed by atoms with van der Waals surface area (Å²) in [6.07, 6.45) is 1.34. The van der Waals surface area contributed by atoms with Crippen molar-refractivity contribution in [3.63, 3.8) is 0 Å². The van der Waals surface area contributed by atoms with Crippen LogP contribution in [0, 0.1) is 0 Å². The van der Waals surface area contributed by atoms with Gasteiger partial charge in [-0.15, -0.1) is 0 Å². The minimum absolute atomic E-state index is 0.0889. The van der Waals surface area contributed by atoms with E-state index in [1.807, 2.05) is 13.8 Å². The molecule has 0 saturated carbocycles. The number of furan rings is 1. The van der Waals surface area contributed by atoms with Crippen molar-refractivity contribution in [2.75, 3.05) is 13.1 Å². The van der Waals surface area contributed by atoms with Gasteiger partial charge in [0.1, 0.15) is 5.76 Å². The molecule has 1 fully saturated rings. The smallest absolute Gasteiger partial charge is 0.280 e. The van der Waals surface area contributed by atoms with E-state index in [0.717, 1.165) is 0 Å². The molecule has 0 aliphatic carbocycles. The van der Waals surface area contributed by atoms with E-state index in [1.165, 1.54) is 10.6 Å². The van der Waals surface area contributed by atoms with Crippen LogP contribution in [0.5, 0.6) is 0 Å². The monoisotopic (exact) mass is 274 g/mol. The molecule has 0 spiro atoms. The third-order valence-electron chi connectivity index (χ3n) is 2.73. The van der Waals surface area contributed by atoms with Gasteiger partial charge in [0.2, 0.25) is 0 Å². The summed E-state index contributed by atoms with van der Waals surface area (Å²) in [6, 6.07) is 3.45. The minimum atomic E-state index is -3.48. The molecule has 0 bridgehead atoms. The number of morpholine rings is 1. The molecule has 18 heavy (non-hydrogen) atoms. The van der Waals surface area contributed by atoms with E-state index >= 15 is 0 Å². The number of hydrogen-bond acceptors (Lipinski definition) is 4. The number of hydrogen-bond donors (Lipinski definition) is 1. The van der Waals surface area contributed by atoms with Crippen LogP contribution in [0.25, 0.3) is 0 Å². The van der Waals surface area contributed by atoms with E-state index in [1.54, 1.807) is 12.1 Å². The van der Waals surface area contributed by atoms with E-state index in [-0.39, 0.29) is 18.8 Å². The number of nitrogens with one attached hydrogen (secondary N) is 1. The quantitative estimate of drug-likeness (QED) is 0.878. The number of rotatable bonds is 4. The molecule has 2 atom stereocenters. The first-order chi connectivity index (χ1) is 8.47. The maximum Gasteiger partial charge on any atom is 0.280 e. The van der Waals surface area contributed by atoms with E-state index < -0.39 is 10.2 Å². The molecule has 7 heteroatoms. The summed E-state index contributed by atoms with van der Waals surface area (Å²) in [5.41, 5.74) is 0. The van der Waals surface area contributed by atoms with E-state index in [2.05, 4.69) is 4.72 Å². The number of nitrogens with zero attached hydrogens (tertiary/aromatic N) is 1. The van der Waals surface area contributed by atoms with E-state index in [9.17, 15) is 8.42 Å². The van der Waals surface area contributed by atoms with Gasteiger partial charge in [0.05, 0.1) is 25.0 Å². The Hall–Kier alpha value is -0.890. The largest absolute Gasteiger partial charge is 0.468 e. The molecule has 1 aliphatic heterocycles. The maximum atomic E-state index is 12.1. The lowest BCUT2D eigenvalue weighted by molar-refractivity contribution is -0.0444. The van der Waals surface area contributed by atoms with Gasteiger partial charge in [-0.25, -0.2) is 0 Å². The molecule has 2 heterocycles. The average molecular weight is 274 g/mol. The maximum absolute atomic E-state index is 12.1. The predicted molar refractivity (Wildman–Crippen MR) is 66.0 cm³/mol. The Labute approximate surface area is 107 Å². The van der Waals surface area contributed by atoms with Gasteiger partial charge in [-0.2, -0.15) is 17.4 Å². The highest BCUT2D eigenvalue weighted by atomic mass is 32.2. The molecule has 0 amide bonds. The summed E-state index contributed by atoms with van der Waals surface area (Å²) >= 11 is 0. The molecule has 1 aliphatic rings. The molecule has 2 rings (SSSR count). The fourth-order valence-electron chi connectivity index (χ4n) is 1.99. The van der Waals surface area contributed by atoms with Crippen LogP contribution in [0.2, 0.25) is 0 Å². The fourth-order valence-corrected chi connectivity index (χ4v) is 3.31. The van der Waals surface area contributed by atoms with Crippen molar-refractivity contribution in [3.8, 4) is 0 Å². The molecular formula is C11H18N2O4S. The molecule has 1 aromatic heterocycles. The van der Waals surface area contributed by atoms with Gasteiger partial charge in [0, 0.05) is 13.1 Å². The minimum Gasteiger partial charge on any atom is -0.468 e. The summed E-state index contributed by atoms with van der Waals surface area (Å²) < 4.78 is 38.7. The molecule has 0 aromatic carbocycles. The Kier molecular flexibility index (Phi) is 4.06. The Morgan fingerprint density at radius 1 is 1.39 bits per heavy atom. The predicted octanol–water partition coefficient (Wildman–Crippen LogP) is 0.723. The second-order valence-electron chi connectivity index (χ2n) is 4.48. The van der Waals surface area contributed by atoms with E-state index in [4.69, 9.17) is 9.15 Å². The van der Waals surface area contributed by atoms with Gasteiger partial charge < -0.3 is 9.15 Å². The molecule has 1 saturated heterocycles. The van der Waals surface area contributed by atoms with Gasteiger partial charge in [-0.05, 0) is 26.0 Å². The molecule has 1 aromatic rings. The highest BCUT2D eigenvalue weighted by molar-refractivity contribution is 7.87. The lowest BCUT2D eigenvalue weighted by atomic mass is 10.3. The summed E-state index contributed by atoms with van der Waals surface area (Å²) in [6.45, 7) is 4.64. The van der Waals surface area contributed by atoms with Crippen LogP contribution in [-0.4, -0.2) is 38.0 Å². The van der Waals surface area contributed by atoms with Crippen molar-refractivity contribution in [1.82, 2.24) is 9.03 Å². The first-order valence-electron chi connectivity index (χ1n) is 5.90. The SMILES string of the molecule is C[C@H]1CN(S(=O)(=O)NCc2ccco2)C[C@H](C)O1. The van der Waals surface area contributed by atoms with Crippen LogP contribution in [0.3, 0.4) is 0 Å². The van der Waals surface area contributed by atoms with Crippen LogP contribution in [0.4, 0.5) is 0 Å². The second kappa shape index (κ2) is 5.40. The summed E-state index contributed by atoms with van der Waals surface area (Å²) in [7, 11) is -3.48. The molecule has 1 N–H and O–H groups in total. The van der Waals surface area contributed by atoms with Gasteiger partial charge in [0.15, 0.2) is 0 Å². The first-order valence-corrected chi connectivity index (χ1v) is 7.34. The Bertz CT molecular complexity index is 461.